The number of hydrogen-bond acceptors (Lipinski definition) is 6. The molecule has 4 amide bonds. The molecule has 1 aromatic rings. The molecule has 1 aliphatic rings. The summed E-state index contributed by atoms with van der Waals surface area (Å²) >= 11 is 0. The van der Waals surface area contributed by atoms with Gasteiger partial charge in [0.25, 0.3) is 0 Å². The van der Waals surface area contributed by atoms with Crippen molar-refractivity contribution in [3.63, 3.8) is 0 Å². The van der Waals surface area contributed by atoms with Crippen molar-refractivity contribution < 1.29 is 28.7 Å². The summed E-state index contributed by atoms with van der Waals surface area (Å²) in [5, 5.41) is 5.27. The molecule has 10 nitrogen and oxygen atoms in total. The van der Waals surface area contributed by atoms with Crippen molar-refractivity contribution in [2.75, 3.05) is 13.7 Å². The molecule has 1 aromatic carbocycles. The second kappa shape index (κ2) is 12.4. The lowest BCUT2D eigenvalue weighted by molar-refractivity contribution is -0.145. The monoisotopic (exact) mass is 458 g/mol. The standard InChI is InChI=1S/C23H30N4O6/c1-3-20(29)27-13-7-10-18(27)22(31)26-17(14-15-8-5-4-6-9-15)21(30)25-16(23(32)33-2)11-12-19(24)28/h3-6,8-9,16-18H,1,7,10-14H2,2H3,(H2,24,28)(H,25,30)(H,26,31)/t16-,17-,18-/m0/s1. The number of likely N-dealkylation sites (tertiary alicyclic amines) is 1. The van der Waals surface area contributed by atoms with E-state index in [2.05, 4.69) is 17.2 Å². The van der Waals surface area contributed by atoms with Crippen LogP contribution in [-0.4, -0.2) is 66.3 Å². The Morgan fingerprint density at radius 1 is 1.18 bits per heavy atom. The summed E-state index contributed by atoms with van der Waals surface area (Å²) < 4.78 is 4.71. The van der Waals surface area contributed by atoms with Crippen LogP contribution in [0.5, 0.6) is 0 Å². The van der Waals surface area contributed by atoms with Crippen LogP contribution in [0.25, 0.3) is 0 Å². The molecule has 4 N–H and O–H groups in total. The number of nitrogens with two attached hydrogens (primary N) is 1. The molecule has 1 heterocycles. The first kappa shape index (κ1) is 25.6. The summed E-state index contributed by atoms with van der Waals surface area (Å²) in [4.78, 5) is 62.8. The number of ether oxygens (including phenoxy) is 1. The van der Waals surface area contributed by atoms with Crippen molar-refractivity contribution in [1.29, 1.82) is 0 Å². The minimum absolute atomic E-state index is 0.0377. The van der Waals surface area contributed by atoms with Gasteiger partial charge in [0.15, 0.2) is 0 Å². The Labute approximate surface area is 192 Å². The van der Waals surface area contributed by atoms with E-state index in [1.165, 1.54) is 12.0 Å². The number of esters is 1. The maximum atomic E-state index is 13.1. The summed E-state index contributed by atoms with van der Waals surface area (Å²) in [6, 6.07) is 6.20. The fraction of sp³-hybridized carbons (Fsp3) is 0.435. The van der Waals surface area contributed by atoms with Crippen LogP contribution >= 0.6 is 0 Å². The van der Waals surface area contributed by atoms with Crippen molar-refractivity contribution >= 4 is 29.6 Å². The predicted molar refractivity (Wildman–Crippen MR) is 119 cm³/mol. The highest BCUT2D eigenvalue weighted by Gasteiger charge is 2.35. The smallest absolute Gasteiger partial charge is 0.328 e. The van der Waals surface area contributed by atoms with Crippen LogP contribution in [0, 0.1) is 0 Å². The Balaban J connectivity index is 2.19. The van der Waals surface area contributed by atoms with E-state index in [9.17, 15) is 24.0 Å². The first-order valence-corrected chi connectivity index (χ1v) is 10.7. The van der Waals surface area contributed by atoms with E-state index in [0.29, 0.717) is 19.4 Å². The predicted octanol–water partition coefficient (Wildman–Crippen LogP) is -0.186. The Kier molecular flexibility index (Phi) is 9.59. The van der Waals surface area contributed by atoms with Gasteiger partial charge in [-0.15, -0.1) is 0 Å². The van der Waals surface area contributed by atoms with E-state index in [0.717, 1.165) is 11.6 Å². The second-order valence-electron chi connectivity index (χ2n) is 7.73. The number of nitrogens with zero attached hydrogens (tertiary/aromatic N) is 1. The molecule has 178 valence electrons. The number of methoxy groups -OCH3 is 1. The third-order valence-corrected chi connectivity index (χ3v) is 5.41. The van der Waals surface area contributed by atoms with Crippen LogP contribution in [0.15, 0.2) is 43.0 Å². The highest BCUT2D eigenvalue weighted by atomic mass is 16.5. The van der Waals surface area contributed by atoms with E-state index < -0.39 is 41.8 Å². The minimum Gasteiger partial charge on any atom is -0.467 e. The topological polar surface area (TPSA) is 148 Å². The summed E-state index contributed by atoms with van der Waals surface area (Å²) in [7, 11) is 1.17. The number of benzene rings is 1. The Morgan fingerprint density at radius 3 is 2.48 bits per heavy atom. The largest absolute Gasteiger partial charge is 0.467 e. The molecule has 0 bridgehead atoms. The Morgan fingerprint density at radius 2 is 1.88 bits per heavy atom. The fourth-order valence-corrected chi connectivity index (χ4v) is 3.70. The van der Waals surface area contributed by atoms with Crippen molar-refractivity contribution in [2.45, 2.75) is 50.2 Å². The molecule has 10 heteroatoms. The molecular formula is C23H30N4O6. The van der Waals surface area contributed by atoms with Crippen LogP contribution < -0.4 is 16.4 Å². The van der Waals surface area contributed by atoms with E-state index >= 15 is 0 Å². The molecule has 0 unspecified atom stereocenters. The van der Waals surface area contributed by atoms with Crippen molar-refractivity contribution in [2.24, 2.45) is 5.73 Å². The van der Waals surface area contributed by atoms with Gasteiger partial charge in [-0.3, -0.25) is 19.2 Å². The molecule has 0 radical (unpaired) electrons. The molecule has 2 rings (SSSR count). The van der Waals surface area contributed by atoms with Gasteiger partial charge in [0.1, 0.15) is 18.1 Å². The summed E-state index contributed by atoms with van der Waals surface area (Å²) in [5.74, 6) is -2.79. The molecule has 0 spiro atoms. The lowest BCUT2D eigenvalue weighted by Gasteiger charge is -2.26. The molecule has 0 aromatic heterocycles. The van der Waals surface area contributed by atoms with Crippen molar-refractivity contribution in [1.82, 2.24) is 15.5 Å². The number of primary amides is 1. The van der Waals surface area contributed by atoms with Gasteiger partial charge in [-0.25, -0.2) is 4.79 Å². The van der Waals surface area contributed by atoms with E-state index in [-0.39, 0.29) is 25.2 Å². The van der Waals surface area contributed by atoms with Crippen molar-refractivity contribution in [3.8, 4) is 0 Å². The average molecular weight is 459 g/mol. The number of hydrogen-bond donors (Lipinski definition) is 3. The maximum absolute atomic E-state index is 13.1. The Hall–Kier alpha value is -3.69. The number of carbonyl (C=O) groups excluding carboxylic acids is 5. The molecule has 0 saturated carbocycles. The molecule has 3 atom stereocenters. The van der Waals surface area contributed by atoms with Crippen LogP contribution in [0.2, 0.25) is 0 Å². The SMILES string of the molecule is C=CC(=O)N1CCC[C@H]1C(=O)N[C@@H](Cc1ccccc1)C(=O)N[C@@H](CCC(N)=O)C(=O)OC. The lowest BCUT2D eigenvalue weighted by atomic mass is 10.0. The molecule has 1 fully saturated rings. The van der Waals surface area contributed by atoms with E-state index in [1.54, 1.807) is 24.3 Å². The normalized spacial score (nSPS) is 16.9. The average Bonchev–Trinajstić information content (AvgIpc) is 3.30. The van der Waals surface area contributed by atoms with Crippen LogP contribution in [0.4, 0.5) is 0 Å². The number of amides is 4. The summed E-state index contributed by atoms with van der Waals surface area (Å²) in [6.45, 7) is 3.89. The van der Waals surface area contributed by atoms with E-state index in [1.807, 2.05) is 6.07 Å². The zero-order valence-corrected chi connectivity index (χ0v) is 18.6. The highest BCUT2D eigenvalue weighted by molar-refractivity contribution is 5.96. The summed E-state index contributed by atoms with van der Waals surface area (Å²) in [6.07, 6.45) is 2.27. The van der Waals surface area contributed by atoms with Gasteiger partial charge in [0.05, 0.1) is 7.11 Å². The molecule has 0 aliphatic carbocycles. The van der Waals surface area contributed by atoms with E-state index in [4.69, 9.17) is 10.5 Å². The molecule has 1 aliphatic heterocycles. The first-order valence-electron chi connectivity index (χ1n) is 10.7. The van der Waals surface area contributed by atoms with Gasteiger partial charge in [0.2, 0.25) is 23.6 Å². The van der Waals surface area contributed by atoms with Crippen LogP contribution in [-0.2, 0) is 35.1 Å². The first-order chi connectivity index (χ1) is 15.8. The fourth-order valence-electron chi connectivity index (χ4n) is 3.70. The molecular weight excluding hydrogens is 428 g/mol. The van der Waals surface area contributed by atoms with Crippen LogP contribution in [0.3, 0.4) is 0 Å². The van der Waals surface area contributed by atoms with Gasteiger partial charge < -0.3 is 26.0 Å². The number of carbonyl (C=O) groups is 5. The van der Waals surface area contributed by atoms with Crippen LogP contribution in [0.1, 0.15) is 31.2 Å². The Bertz CT molecular complexity index is 888. The van der Waals surface area contributed by atoms with Gasteiger partial charge >= 0.3 is 5.97 Å². The van der Waals surface area contributed by atoms with Gasteiger partial charge in [0, 0.05) is 19.4 Å². The third-order valence-electron chi connectivity index (χ3n) is 5.41. The zero-order valence-electron chi connectivity index (χ0n) is 18.6. The van der Waals surface area contributed by atoms with Gasteiger partial charge in [-0.2, -0.15) is 0 Å². The minimum atomic E-state index is -1.10. The highest BCUT2D eigenvalue weighted by Crippen LogP contribution is 2.18. The summed E-state index contributed by atoms with van der Waals surface area (Å²) in [5.41, 5.74) is 5.95. The van der Waals surface area contributed by atoms with Gasteiger partial charge in [-0.1, -0.05) is 36.9 Å². The lowest BCUT2D eigenvalue weighted by Crippen LogP contribution is -2.56. The second-order valence-corrected chi connectivity index (χ2v) is 7.73. The number of nitrogens with one attached hydrogen (secondary N) is 2. The van der Waals surface area contributed by atoms with Gasteiger partial charge in [-0.05, 0) is 30.9 Å². The molecule has 1 saturated heterocycles. The number of rotatable bonds is 11. The third kappa shape index (κ3) is 7.44. The zero-order chi connectivity index (χ0) is 24.4. The quantitative estimate of drug-likeness (QED) is 0.309. The van der Waals surface area contributed by atoms with Crippen molar-refractivity contribution in [3.05, 3.63) is 48.6 Å². The maximum Gasteiger partial charge on any atom is 0.328 e. The molecule has 33 heavy (non-hydrogen) atoms.